The minimum absolute atomic E-state index is 0.248. The summed E-state index contributed by atoms with van der Waals surface area (Å²) >= 11 is 7.47. The van der Waals surface area contributed by atoms with Crippen molar-refractivity contribution in [1.29, 1.82) is 0 Å². The topological polar surface area (TPSA) is 75.7 Å². The molecule has 3 rings (SSSR count). The molecule has 0 bridgehead atoms. The maximum atomic E-state index is 12.9. The lowest BCUT2D eigenvalue weighted by atomic mass is 10.2. The van der Waals surface area contributed by atoms with E-state index in [9.17, 15) is 18.8 Å². The Bertz CT molecular complexity index is 1080. The van der Waals surface area contributed by atoms with Crippen molar-refractivity contribution in [3.63, 3.8) is 0 Å². The van der Waals surface area contributed by atoms with Gasteiger partial charge in [0, 0.05) is 23.7 Å². The Labute approximate surface area is 181 Å². The SMILES string of the molecule is CN(Cc1ccc(F)cc1)C(=O)COC(=O)CNC(=O)c1sc2ccccc2c1Cl. The van der Waals surface area contributed by atoms with E-state index in [1.54, 1.807) is 19.2 Å². The standard InChI is InChI=1S/C21H18ClFN2O4S/c1-25(11-13-6-8-14(23)9-7-13)17(26)12-29-18(27)10-24-21(28)20-19(22)15-4-2-3-5-16(15)30-20/h2-9H,10-12H2,1H3,(H,24,28). The molecule has 0 atom stereocenters. The first-order valence-corrected chi connectivity index (χ1v) is 10.1. The van der Waals surface area contributed by atoms with Gasteiger partial charge in [-0.15, -0.1) is 11.3 Å². The Morgan fingerprint density at radius 3 is 2.53 bits per heavy atom. The van der Waals surface area contributed by atoms with Crippen molar-refractivity contribution in [2.75, 3.05) is 20.2 Å². The molecule has 0 fully saturated rings. The number of likely N-dealkylation sites (N-methyl/N-ethyl adjacent to an activating group) is 1. The van der Waals surface area contributed by atoms with Crippen molar-refractivity contribution < 1.29 is 23.5 Å². The van der Waals surface area contributed by atoms with Gasteiger partial charge in [-0.2, -0.15) is 0 Å². The Morgan fingerprint density at radius 1 is 1.13 bits per heavy atom. The number of halogens is 2. The molecular weight excluding hydrogens is 431 g/mol. The van der Waals surface area contributed by atoms with E-state index >= 15 is 0 Å². The van der Waals surface area contributed by atoms with Gasteiger partial charge in [0.05, 0.1) is 5.02 Å². The number of hydrogen-bond donors (Lipinski definition) is 1. The van der Waals surface area contributed by atoms with E-state index in [1.165, 1.54) is 28.4 Å². The summed E-state index contributed by atoms with van der Waals surface area (Å²) in [6, 6.07) is 13.1. The fraction of sp³-hybridized carbons (Fsp3) is 0.190. The number of benzene rings is 2. The second kappa shape index (κ2) is 9.69. The van der Waals surface area contributed by atoms with E-state index < -0.39 is 30.9 Å². The molecule has 3 aromatic rings. The van der Waals surface area contributed by atoms with Crippen molar-refractivity contribution >= 4 is 50.8 Å². The lowest BCUT2D eigenvalue weighted by Gasteiger charge is -2.17. The minimum Gasteiger partial charge on any atom is -0.454 e. The van der Waals surface area contributed by atoms with Crippen molar-refractivity contribution in [3.05, 3.63) is 69.8 Å². The second-order valence-corrected chi connectivity index (χ2v) is 7.89. The molecule has 0 saturated heterocycles. The number of thiophene rings is 1. The van der Waals surface area contributed by atoms with Crippen LogP contribution in [-0.4, -0.2) is 42.9 Å². The molecule has 1 aromatic heterocycles. The summed E-state index contributed by atoms with van der Waals surface area (Å²) in [5.74, 6) is -2.02. The second-order valence-electron chi connectivity index (χ2n) is 6.46. The van der Waals surface area contributed by atoms with Crippen LogP contribution in [0.15, 0.2) is 48.5 Å². The van der Waals surface area contributed by atoms with Crippen molar-refractivity contribution in [1.82, 2.24) is 10.2 Å². The van der Waals surface area contributed by atoms with E-state index in [-0.39, 0.29) is 12.4 Å². The quantitative estimate of drug-likeness (QED) is 0.560. The average molecular weight is 449 g/mol. The van der Waals surface area contributed by atoms with Crippen LogP contribution in [0.2, 0.25) is 5.02 Å². The molecule has 30 heavy (non-hydrogen) atoms. The number of hydrogen-bond acceptors (Lipinski definition) is 5. The van der Waals surface area contributed by atoms with Gasteiger partial charge in [-0.1, -0.05) is 41.9 Å². The fourth-order valence-corrected chi connectivity index (χ4v) is 4.08. The summed E-state index contributed by atoms with van der Waals surface area (Å²) in [6.07, 6.45) is 0. The van der Waals surface area contributed by atoms with Crippen LogP contribution < -0.4 is 5.32 Å². The van der Waals surface area contributed by atoms with E-state index in [0.29, 0.717) is 9.90 Å². The van der Waals surface area contributed by atoms with Crippen molar-refractivity contribution in [3.8, 4) is 0 Å². The number of fused-ring (bicyclic) bond motifs is 1. The monoisotopic (exact) mass is 448 g/mol. The van der Waals surface area contributed by atoms with Crippen LogP contribution >= 0.6 is 22.9 Å². The molecule has 156 valence electrons. The first-order chi connectivity index (χ1) is 14.3. The molecular formula is C21H18ClFN2O4S. The minimum atomic E-state index is -0.746. The normalized spacial score (nSPS) is 10.6. The highest BCUT2D eigenvalue weighted by atomic mass is 35.5. The van der Waals surface area contributed by atoms with E-state index in [0.717, 1.165) is 15.6 Å². The molecule has 0 aliphatic carbocycles. The summed E-state index contributed by atoms with van der Waals surface area (Å²) < 4.78 is 18.7. The molecule has 2 aromatic carbocycles. The van der Waals surface area contributed by atoms with Crippen LogP contribution in [0, 0.1) is 5.82 Å². The highest BCUT2D eigenvalue weighted by Gasteiger charge is 2.18. The molecule has 0 unspecified atom stereocenters. The van der Waals surface area contributed by atoms with E-state index in [2.05, 4.69) is 5.32 Å². The number of amides is 2. The lowest BCUT2D eigenvalue weighted by molar-refractivity contribution is -0.150. The zero-order valence-corrected chi connectivity index (χ0v) is 17.6. The predicted molar refractivity (Wildman–Crippen MR) is 113 cm³/mol. The summed E-state index contributed by atoms with van der Waals surface area (Å²) in [6.45, 7) is -0.605. The molecule has 0 radical (unpaired) electrons. The van der Waals surface area contributed by atoms with Crippen molar-refractivity contribution in [2.24, 2.45) is 0 Å². The largest absolute Gasteiger partial charge is 0.454 e. The predicted octanol–water partition coefficient (Wildman–Crippen LogP) is 3.63. The average Bonchev–Trinajstić information content (AvgIpc) is 3.08. The maximum absolute atomic E-state index is 12.9. The number of nitrogens with zero attached hydrogens (tertiary/aromatic N) is 1. The lowest BCUT2D eigenvalue weighted by Crippen LogP contribution is -2.34. The first-order valence-electron chi connectivity index (χ1n) is 8.94. The van der Waals surface area contributed by atoms with Gasteiger partial charge in [0.1, 0.15) is 17.2 Å². The van der Waals surface area contributed by atoms with E-state index in [1.807, 2.05) is 24.3 Å². The zero-order valence-electron chi connectivity index (χ0n) is 16.0. The third-order valence-corrected chi connectivity index (χ3v) is 5.92. The summed E-state index contributed by atoms with van der Waals surface area (Å²) in [5.41, 5.74) is 0.742. The van der Waals surface area contributed by atoms with E-state index in [4.69, 9.17) is 16.3 Å². The van der Waals surface area contributed by atoms with Crippen LogP contribution in [0.1, 0.15) is 15.2 Å². The number of ether oxygens (including phenoxy) is 1. The van der Waals surface area contributed by atoms with Gasteiger partial charge in [0.15, 0.2) is 6.61 Å². The highest BCUT2D eigenvalue weighted by Crippen LogP contribution is 2.34. The van der Waals surface area contributed by atoms with Crippen LogP contribution in [0.5, 0.6) is 0 Å². The molecule has 1 N–H and O–H groups in total. The Hall–Kier alpha value is -2.97. The first kappa shape index (κ1) is 21.7. The highest BCUT2D eigenvalue weighted by molar-refractivity contribution is 7.21. The number of carbonyl (C=O) groups excluding carboxylic acids is 3. The Balaban J connectivity index is 1.45. The van der Waals surface area contributed by atoms with Crippen LogP contribution in [0.3, 0.4) is 0 Å². The van der Waals surface area contributed by atoms with Gasteiger partial charge in [-0.3, -0.25) is 14.4 Å². The van der Waals surface area contributed by atoms with Crippen LogP contribution in [-0.2, 0) is 20.9 Å². The molecule has 0 saturated carbocycles. The molecule has 1 heterocycles. The van der Waals surface area contributed by atoms with Gasteiger partial charge in [-0.25, -0.2) is 4.39 Å². The fourth-order valence-electron chi connectivity index (χ4n) is 2.65. The van der Waals surface area contributed by atoms with Crippen molar-refractivity contribution in [2.45, 2.75) is 6.54 Å². The Morgan fingerprint density at radius 2 is 1.83 bits per heavy atom. The van der Waals surface area contributed by atoms with Gasteiger partial charge in [-0.05, 0) is 23.8 Å². The molecule has 0 spiro atoms. The summed E-state index contributed by atoms with van der Waals surface area (Å²) in [5, 5.41) is 3.55. The number of nitrogens with one attached hydrogen (secondary N) is 1. The van der Waals surface area contributed by atoms with Gasteiger partial charge in [0.25, 0.3) is 11.8 Å². The molecule has 0 aliphatic heterocycles. The third-order valence-electron chi connectivity index (χ3n) is 4.25. The van der Waals surface area contributed by atoms with Crippen LogP contribution in [0.25, 0.3) is 10.1 Å². The summed E-state index contributed by atoms with van der Waals surface area (Å²) in [4.78, 5) is 38.0. The number of rotatable bonds is 7. The number of esters is 1. The smallest absolute Gasteiger partial charge is 0.325 e. The van der Waals surface area contributed by atoms with Gasteiger partial charge >= 0.3 is 5.97 Å². The van der Waals surface area contributed by atoms with Crippen LogP contribution in [0.4, 0.5) is 4.39 Å². The molecule has 6 nitrogen and oxygen atoms in total. The maximum Gasteiger partial charge on any atom is 0.325 e. The molecule has 0 aliphatic rings. The summed E-state index contributed by atoms with van der Waals surface area (Å²) in [7, 11) is 1.55. The van der Waals surface area contributed by atoms with Gasteiger partial charge in [0.2, 0.25) is 0 Å². The Kier molecular flexibility index (Phi) is 7.02. The van der Waals surface area contributed by atoms with Gasteiger partial charge < -0.3 is 15.0 Å². The third kappa shape index (κ3) is 5.34. The number of carbonyl (C=O) groups is 3. The molecule has 2 amide bonds. The molecule has 9 heteroatoms. The zero-order chi connectivity index (χ0) is 21.7.